The summed E-state index contributed by atoms with van der Waals surface area (Å²) in [6.45, 7) is 4.07. The van der Waals surface area contributed by atoms with Crippen LogP contribution in [0.4, 0.5) is 0 Å². The van der Waals surface area contributed by atoms with E-state index in [9.17, 15) is 4.79 Å². The second-order valence-corrected chi connectivity index (χ2v) is 7.12. The van der Waals surface area contributed by atoms with E-state index in [0.717, 1.165) is 30.4 Å². The average molecular weight is 336 g/mol. The molecule has 0 bridgehead atoms. The average Bonchev–Trinajstić information content (AvgIpc) is 2.38. The minimum absolute atomic E-state index is 0.131. The molecule has 0 saturated carbocycles. The van der Waals surface area contributed by atoms with Gasteiger partial charge in [0.15, 0.2) is 10.1 Å². The predicted molar refractivity (Wildman–Crippen MR) is 88.0 cm³/mol. The van der Waals surface area contributed by atoms with Crippen molar-refractivity contribution in [2.45, 2.75) is 55.7 Å². The molecule has 0 aliphatic rings. The zero-order valence-electron chi connectivity index (χ0n) is 12.0. The molecular formula is C16H21Cl3O. The van der Waals surface area contributed by atoms with Crippen molar-refractivity contribution in [3.05, 3.63) is 35.4 Å². The van der Waals surface area contributed by atoms with Gasteiger partial charge in [-0.3, -0.25) is 4.79 Å². The van der Waals surface area contributed by atoms with Crippen LogP contribution in [-0.4, -0.2) is 10.1 Å². The first-order valence-corrected chi connectivity index (χ1v) is 8.18. The Kier molecular flexibility index (Phi) is 7.36. The standard InChI is InChI=1S/C16H21Cl3O/c1-3-4-5-10-15(20)16(18,19)11-14(17)13-9-7-6-8-12(13)2/h6-9,14H,3-5,10-11H2,1-2H3. The predicted octanol–water partition coefficient (Wildman–Crippen LogP) is 5.99. The van der Waals surface area contributed by atoms with E-state index in [4.69, 9.17) is 34.8 Å². The minimum atomic E-state index is -1.40. The molecule has 0 N–H and O–H groups in total. The molecule has 1 aromatic carbocycles. The summed E-state index contributed by atoms with van der Waals surface area (Å²) in [5.74, 6) is -0.131. The van der Waals surface area contributed by atoms with Crippen LogP contribution in [0.1, 0.15) is 55.5 Å². The SMILES string of the molecule is CCCCCC(=O)C(Cl)(Cl)CC(Cl)c1ccccc1C. The highest BCUT2D eigenvalue weighted by atomic mass is 35.5. The molecule has 0 heterocycles. The zero-order valence-corrected chi connectivity index (χ0v) is 14.2. The van der Waals surface area contributed by atoms with Gasteiger partial charge in [0.05, 0.1) is 5.38 Å². The van der Waals surface area contributed by atoms with Crippen molar-refractivity contribution in [3.8, 4) is 0 Å². The summed E-state index contributed by atoms with van der Waals surface area (Å²) in [5, 5.41) is -0.360. The molecule has 20 heavy (non-hydrogen) atoms. The Morgan fingerprint density at radius 2 is 1.90 bits per heavy atom. The fourth-order valence-electron chi connectivity index (χ4n) is 2.11. The Hall–Kier alpha value is -0.240. The monoisotopic (exact) mass is 334 g/mol. The van der Waals surface area contributed by atoms with Gasteiger partial charge in [-0.2, -0.15) is 0 Å². The molecule has 0 aromatic heterocycles. The number of Topliss-reactive ketones (excluding diaryl/α,β-unsaturated/α-hetero) is 1. The molecule has 1 aromatic rings. The van der Waals surface area contributed by atoms with Crippen molar-refractivity contribution < 1.29 is 4.79 Å². The molecule has 4 heteroatoms. The van der Waals surface area contributed by atoms with E-state index in [1.54, 1.807) is 0 Å². The first kappa shape index (κ1) is 17.8. The van der Waals surface area contributed by atoms with E-state index in [-0.39, 0.29) is 17.6 Å². The first-order chi connectivity index (χ1) is 9.38. The molecule has 0 saturated heterocycles. The molecule has 1 atom stereocenters. The normalized spacial score (nSPS) is 13.2. The summed E-state index contributed by atoms with van der Waals surface area (Å²) in [4.78, 5) is 12.1. The highest BCUT2D eigenvalue weighted by molar-refractivity contribution is 6.58. The van der Waals surface area contributed by atoms with Crippen molar-refractivity contribution in [1.82, 2.24) is 0 Å². The van der Waals surface area contributed by atoms with Gasteiger partial charge in [0.2, 0.25) is 0 Å². The van der Waals surface area contributed by atoms with Crippen LogP contribution >= 0.6 is 34.8 Å². The highest BCUT2D eigenvalue weighted by Gasteiger charge is 2.35. The maximum atomic E-state index is 12.1. The molecule has 1 rings (SSSR count). The number of rotatable bonds is 8. The Labute approximate surface area is 136 Å². The van der Waals surface area contributed by atoms with Gasteiger partial charge in [-0.15, -0.1) is 11.6 Å². The van der Waals surface area contributed by atoms with E-state index in [2.05, 4.69) is 6.92 Å². The molecular weight excluding hydrogens is 315 g/mol. The van der Waals surface area contributed by atoms with Crippen molar-refractivity contribution in [3.63, 3.8) is 0 Å². The minimum Gasteiger partial charge on any atom is -0.296 e. The molecule has 0 spiro atoms. The molecule has 0 aliphatic heterocycles. The van der Waals surface area contributed by atoms with Gasteiger partial charge in [0, 0.05) is 12.8 Å². The number of halogens is 3. The third kappa shape index (κ3) is 5.27. The number of carbonyl (C=O) groups is 1. The Bertz CT molecular complexity index is 443. The second kappa shape index (κ2) is 8.26. The van der Waals surface area contributed by atoms with Crippen LogP contribution in [0, 0.1) is 6.92 Å². The van der Waals surface area contributed by atoms with E-state index >= 15 is 0 Å². The maximum absolute atomic E-state index is 12.1. The number of unbranched alkanes of at least 4 members (excludes halogenated alkanes) is 2. The number of ketones is 1. The molecule has 0 aliphatic carbocycles. The summed E-state index contributed by atoms with van der Waals surface area (Å²) in [6.07, 6.45) is 3.55. The third-order valence-corrected chi connectivity index (χ3v) is 4.50. The number of alkyl halides is 3. The lowest BCUT2D eigenvalue weighted by Gasteiger charge is -2.22. The van der Waals surface area contributed by atoms with Crippen LogP contribution in [-0.2, 0) is 4.79 Å². The van der Waals surface area contributed by atoms with E-state index in [1.165, 1.54) is 0 Å². The lowest BCUT2D eigenvalue weighted by Crippen LogP contribution is -2.27. The van der Waals surface area contributed by atoms with Crippen LogP contribution in [0.25, 0.3) is 0 Å². The Balaban J connectivity index is 2.65. The number of aryl methyl sites for hydroxylation is 1. The van der Waals surface area contributed by atoms with Gasteiger partial charge in [-0.05, 0) is 24.5 Å². The van der Waals surface area contributed by atoms with E-state index in [0.29, 0.717) is 6.42 Å². The van der Waals surface area contributed by atoms with Crippen molar-refractivity contribution in [2.75, 3.05) is 0 Å². The van der Waals surface area contributed by atoms with Crippen LogP contribution in [0.5, 0.6) is 0 Å². The highest BCUT2D eigenvalue weighted by Crippen LogP contribution is 2.39. The smallest absolute Gasteiger partial charge is 0.177 e. The van der Waals surface area contributed by atoms with Crippen molar-refractivity contribution >= 4 is 40.6 Å². The van der Waals surface area contributed by atoms with Gasteiger partial charge < -0.3 is 0 Å². The molecule has 0 radical (unpaired) electrons. The molecule has 0 amide bonds. The number of carbonyl (C=O) groups excluding carboxylic acids is 1. The fourth-order valence-corrected chi connectivity index (χ4v) is 3.24. The van der Waals surface area contributed by atoms with Crippen LogP contribution in [0.15, 0.2) is 24.3 Å². The van der Waals surface area contributed by atoms with Crippen LogP contribution in [0.2, 0.25) is 0 Å². The van der Waals surface area contributed by atoms with Gasteiger partial charge in [-0.25, -0.2) is 0 Å². The molecule has 0 fully saturated rings. The Morgan fingerprint density at radius 3 is 2.50 bits per heavy atom. The second-order valence-electron chi connectivity index (χ2n) is 5.11. The quantitative estimate of drug-likeness (QED) is 0.421. The first-order valence-electron chi connectivity index (χ1n) is 6.99. The number of benzene rings is 1. The van der Waals surface area contributed by atoms with Gasteiger partial charge in [0.25, 0.3) is 0 Å². The number of hydrogen-bond donors (Lipinski definition) is 0. The van der Waals surface area contributed by atoms with Gasteiger partial charge >= 0.3 is 0 Å². The van der Waals surface area contributed by atoms with Gasteiger partial charge in [0.1, 0.15) is 0 Å². The summed E-state index contributed by atoms with van der Waals surface area (Å²) in [6, 6.07) is 7.80. The van der Waals surface area contributed by atoms with Crippen LogP contribution in [0.3, 0.4) is 0 Å². The van der Waals surface area contributed by atoms with Crippen molar-refractivity contribution in [2.24, 2.45) is 0 Å². The zero-order chi connectivity index (χ0) is 15.2. The van der Waals surface area contributed by atoms with Crippen molar-refractivity contribution in [1.29, 1.82) is 0 Å². The number of hydrogen-bond acceptors (Lipinski definition) is 1. The third-order valence-electron chi connectivity index (χ3n) is 3.38. The lowest BCUT2D eigenvalue weighted by atomic mass is 9.99. The molecule has 1 nitrogen and oxygen atoms in total. The topological polar surface area (TPSA) is 17.1 Å². The summed E-state index contributed by atoms with van der Waals surface area (Å²) in [5.41, 5.74) is 2.05. The van der Waals surface area contributed by atoms with Crippen LogP contribution < -0.4 is 0 Å². The summed E-state index contributed by atoms with van der Waals surface area (Å²) < 4.78 is -1.40. The largest absolute Gasteiger partial charge is 0.296 e. The summed E-state index contributed by atoms with van der Waals surface area (Å²) >= 11 is 18.8. The fraction of sp³-hybridized carbons (Fsp3) is 0.562. The lowest BCUT2D eigenvalue weighted by molar-refractivity contribution is -0.120. The van der Waals surface area contributed by atoms with E-state index in [1.807, 2.05) is 31.2 Å². The molecule has 1 unspecified atom stereocenters. The molecule has 112 valence electrons. The maximum Gasteiger partial charge on any atom is 0.177 e. The van der Waals surface area contributed by atoms with E-state index < -0.39 is 4.33 Å². The Morgan fingerprint density at radius 1 is 1.25 bits per heavy atom. The summed E-state index contributed by atoms with van der Waals surface area (Å²) in [7, 11) is 0. The van der Waals surface area contributed by atoms with Gasteiger partial charge in [-0.1, -0.05) is 67.2 Å².